The van der Waals surface area contributed by atoms with Crippen molar-refractivity contribution in [2.75, 3.05) is 0 Å². The summed E-state index contributed by atoms with van der Waals surface area (Å²) in [6, 6.07) is 1.81. The van der Waals surface area contributed by atoms with E-state index in [4.69, 9.17) is 0 Å². The standard InChI is InChI=1S/C11H14N2O2S/c1-8-4-7-12-10(13-8)16-11(9(14)15)5-2-3-6-11/h4,7H,2-3,5-6H2,1H3,(H,14,15). The molecular formula is C11H14N2O2S. The number of aromatic nitrogens is 2. The van der Waals surface area contributed by atoms with E-state index in [1.54, 1.807) is 6.20 Å². The summed E-state index contributed by atoms with van der Waals surface area (Å²) in [5, 5.41) is 9.89. The van der Waals surface area contributed by atoms with Gasteiger partial charge in [0.05, 0.1) is 0 Å². The maximum Gasteiger partial charge on any atom is 0.320 e. The van der Waals surface area contributed by atoms with Gasteiger partial charge in [-0.05, 0) is 25.8 Å². The number of rotatable bonds is 3. The maximum absolute atomic E-state index is 11.3. The fraction of sp³-hybridized carbons (Fsp3) is 0.545. The zero-order valence-corrected chi connectivity index (χ0v) is 9.96. The summed E-state index contributed by atoms with van der Waals surface area (Å²) in [4.78, 5) is 19.7. The lowest BCUT2D eigenvalue weighted by atomic mass is 10.1. The van der Waals surface area contributed by atoms with Crippen molar-refractivity contribution in [3.8, 4) is 0 Å². The number of aryl methyl sites for hydroxylation is 1. The number of hydrogen-bond acceptors (Lipinski definition) is 4. The molecule has 1 fully saturated rings. The molecule has 1 aromatic heterocycles. The van der Waals surface area contributed by atoms with Crippen LogP contribution in [-0.4, -0.2) is 25.8 Å². The van der Waals surface area contributed by atoms with E-state index in [9.17, 15) is 9.90 Å². The number of hydrogen-bond donors (Lipinski definition) is 1. The molecule has 1 saturated carbocycles. The van der Waals surface area contributed by atoms with Crippen LogP contribution in [0.1, 0.15) is 31.4 Å². The highest BCUT2D eigenvalue weighted by Crippen LogP contribution is 2.44. The molecule has 0 saturated heterocycles. The average Bonchev–Trinajstić information content (AvgIpc) is 2.67. The van der Waals surface area contributed by atoms with Crippen LogP contribution in [0.5, 0.6) is 0 Å². The fourth-order valence-corrected chi connectivity index (χ4v) is 3.19. The summed E-state index contributed by atoms with van der Waals surface area (Å²) in [5.74, 6) is -0.736. The van der Waals surface area contributed by atoms with E-state index in [1.807, 2.05) is 13.0 Å². The summed E-state index contributed by atoms with van der Waals surface area (Å²) in [6.45, 7) is 1.88. The van der Waals surface area contributed by atoms with Gasteiger partial charge in [-0.3, -0.25) is 4.79 Å². The van der Waals surface area contributed by atoms with Crippen LogP contribution in [0.25, 0.3) is 0 Å². The summed E-state index contributed by atoms with van der Waals surface area (Å²) in [5.41, 5.74) is 0.871. The van der Waals surface area contributed by atoms with E-state index in [1.165, 1.54) is 11.8 Å². The molecule has 1 aliphatic rings. The second-order valence-corrected chi connectivity index (χ2v) is 5.44. The van der Waals surface area contributed by atoms with Gasteiger partial charge in [-0.25, -0.2) is 9.97 Å². The Labute approximate surface area is 98.5 Å². The molecule has 0 bridgehead atoms. The molecule has 0 radical (unpaired) electrons. The summed E-state index contributed by atoms with van der Waals surface area (Å²) < 4.78 is -0.701. The van der Waals surface area contributed by atoms with Crippen molar-refractivity contribution in [3.05, 3.63) is 18.0 Å². The van der Waals surface area contributed by atoms with Crippen LogP contribution < -0.4 is 0 Å². The molecule has 0 unspecified atom stereocenters. The second-order valence-electron chi connectivity index (χ2n) is 4.09. The molecule has 4 nitrogen and oxygen atoms in total. The van der Waals surface area contributed by atoms with Crippen molar-refractivity contribution in [2.45, 2.75) is 42.5 Å². The van der Waals surface area contributed by atoms with Crippen LogP contribution in [0.3, 0.4) is 0 Å². The molecule has 1 N–H and O–H groups in total. The highest BCUT2D eigenvalue weighted by Gasteiger charge is 2.43. The second kappa shape index (κ2) is 4.41. The molecule has 1 aromatic rings. The first-order valence-corrected chi connectivity index (χ1v) is 6.16. The van der Waals surface area contributed by atoms with E-state index in [0.29, 0.717) is 18.0 Å². The Balaban J connectivity index is 2.21. The van der Waals surface area contributed by atoms with Gasteiger partial charge in [0, 0.05) is 11.9 Å². The molecular weight excluding hydrogens is 224 g/mol. The largest absolute Gasteiger partial charge is 0.480 e. The molecule has 0 amide bonds. The molecule has 0 aromatic carbocycles. The van der Waals surface area contributed by atoms with Crippen LogP contribution in [0.4, 0.5) is 0 Å². The van der Waals surface area contributed by atoms with Crippen molar-refractivity contribution in [1.82, 2.24) is 9.97 Å². The highest BCUT2D eigenvalue weighted by atomic mass is 32.2. The van der Waals surface area contributed by atoms with Gasteiger partial charge in [0.2, 0.25) is 0 Å². The number of carbonyl (C=O) groups is 1. The van der Waals surface area contributed by atoms with Crippen LogP contribution in [0.15, 0.2) is 17.4 Å². The Kier molecular flexibility index (Phi) is 3.14. The van der Waals surface area contributed by atoms with E-state index in [2.05, 4.69) is 9.97 Å². The van der Waals surface area contributed by atoms with Crippen molar-refractivity contribution in [1.29, 1.82) is 0 Å². The van der Waals surface area contributed by atoms with Gasteiger partial charge in [0.15, 0.2) is 5.16 Å². The van der Waals surface area contributed by atoms with Gasteiger partial charge in [0.1, 0.15) is 4.75 Å². The normalized spacial score (nSPS) is 18.6. The van der Waals surface area contributed by atoms with Crippen LogP contribution in [0.2, 0.25) is 0 Å². The third kappa shape index (κ3) is 2.19. The fourth-order valence-electron chi connectivity index (χ4n) is 1.96. The van der Waals surface area contributed by atoms with E-state index in [0.717, 1.165) is 18.5 Å². The topological polar surface area (TPSA) is 63.1 Å². The zero-order chi connectivity index (χ0) is 11.6. The van der Waals surface area contributed by atoms with Crippen molar-refractivity contribution >= 4 is 17.7 Å². The summed E-state index contributed by atoms with van der Waals surface area (Å²) in [7, 11) is 0. The number of carboxylic acid groups (broad SMARTS) is 1. The van der Waals surface area contributed by atoms with E-state index in [-0.39, 0.29) is 0 Å². The smallest absolute Gasteiger partial charge is 0.320 e. The number of carboxylic acids is 1. The molecule has 1 heterocycles. The van der Waals surface area contributed by atoms with Gasteiger partial charge in [0.25, 0.3) is 0 Å². The lowest BCUT2D eigenvalue weighted by molar-refractivity contribution is -0.139. The Morgan fingerprint density at radius 2 is 2.19 bits per heavy atom. The van der Waals surface area contributed by atoms with Gasteiger partial charge in [-0.1, -0.05) is 24.6 Å². The first-order chi connectivity index (χ1) is 7.62. The monoisotopic (exact) mass is 238 g/mol. The molecule has 0 atom stereocenters. The molecule has 16 heavy (non-hydrogen) atoms. The molecule has 5 heteroatoms. The quantitative estimate of drug-likeness (QED) is 0.818. The van der Waals surface area contributed by atoms with Crippen LogP contribution >= 0.6 is 11.8 Å². The van der Waals surface area contributed by atoms with E-state index < -0.39 is 10.7 Å². The lowest BCUT2D eigenvalue weighted by Gasteiger charge is -2.21. The minimum absolute atomic E-state index is 0.573. The number of thioether (sulfide) groups is 1. The Bertz CT molecular complexity index is 403. The maximum atomic E-state index is 11.3. The van der Waals surface area contributed by atoms with Crippen molar-refractivity contribution in [3.63, 3.8) is 0 Å². The Morgan fingerprint density at radius 1 is 1.50 bits per heavy atom. The van der Waals surface area contributed by atoms with Crippen molar-refractivity contribution < 1.29 is 9.90 Å². The highest BCUT2D eigenvalue weighted by molar-refractivity contribution is 8.01. The zero-order valence-electron chi connectivity index (χ0n) is 9.14. The van der Waals surface area contributed by atoms with Gasteiger partial charge in [-0.2, -0.15) is 0 Å². The molecule has 2 rings (SSSR count). The predicted octanol–water partition coefficient (Wildman–Crippen LogP) is 2.27. The predicted molar refractivity (Wildman–Crippen MR) is 61.5 cm³/mol. The first kappa shape index (κ1) is 11.4. The third-order valence-corrected chi connectivity index (χ3v) is 4.21. The van der Waals surface area contributed by atoms with Gasteiger partial charge >= 0.3 is 5.97 Å². The van der Waals surface area contributed by atoms with Crippen LogP contribution in [0, 0.1) is 6.92 Å². The van der Waals surface area contributed by atoms with Crippen LogP contribution in [-0.2, 0) is 4.79 Å². The Morgan fingerprint density at radius 3 is 2.75 bits per heavy atom. The van der Waals surface area contributed by atoms with Gasteiger partial charge < -0.3 is 5.11 Å². The van der Waals surface area contributed by atoms with E-state index >= 15 is 0 Å². The first-order valence-electron chi connectivity index (χ1n) is 5.34. The summed E-state index contributed by atoms with van der Waals surface area (Å²) in [6.07, 6.45) is 5.06. The molecule has 0 spiro atoms. The van der Waals surface area contributed by atoms with Crippen molar-refractivity contribution in [2.24, 2.45) is 0 Å². The Hall–Kier alpha value is -1.10. The third-order valence-electron chi connectivity index (χ3n) is 2.86. The minimum Gasteiger partial charge on any atom is -0.480 e. The lowest BCUT2D eigenvalue weighted by Crippen LogP contribution is -2.31. The molecule has 0 aliphatic heterocycles. The molecule has 86 valence electrons. The summed E-state index contributed by atoms with van der Waals surface area (Å²) >= 11 is 1.30. The SMILES string of the molecule is Cc1ccnc(SC2(C(=O)O)CCCC2)n1. The molecule has 1 aliphatic carbocycles. The van der Waals surface area contributed by atoms with Gasteiger partial charge in [-0.15, -0.1) is 0 Å². The number of aliphatic carboxylic acids is 1. The minimum atomic E-state index is -0.736. The average molecular weight is 238 g/mol. The number of nitrogens with zero attached hydrogens (tertiary/aromatic N) is 2.